The fourth-order valence-electron chi connectivity index (χ4n) is 3.43. The molecule has 0 aliphatic carbocycles. The average Bonchev–Trinajstić information content (AvgIpc) is 2.81. The van der Waals surface area contributed by atoms with Crippen molar-refractivity contribution in [3.05, 3.63) is 54.1 Å². The molecule has 1 aliphatic rings. The van der Waals surface area contributed by atoms with Crippen LogP contribution in [-0.4, -0.2) is 57.2 Å². The van der Waals surface area contributed by atoms with Crippen LogP contribution in [0.2, 0.25) is 0 Å². The highest BCUT2D eigenvalue weighted by atomic mass is 16.5. The largest absolute Gasteiger partial charge is 0.491 e. The molecule has 3 rings (SSSR count). The maximum absolute atomic E-state index is 11.1. The summed E-state index contributed by atoms with van der Waals surface area (Å²) in [5.41, 5.74) is 3.97. The topological polar surface area (TPSA) is 68.2 Å². The third-order valence-electron chi connectivity index (χ3n) is 5.11. The van der Waals surface area contributed by atoms with Gasteiger partial charge in [-0.25, -0.2) is 4.79 Å². The maximum atomic E-state index is 11.1. The number of benzene rings is 2. The Balaban J connectivity index is 1.69. The fraction of sp³-hybridized carbons (Fsp3) is 0.400. The summed E-state index contributed by atoms with van der Waals surface area (Å²) in [5, 5.41) is 9.08. The van der Waals surface area contributed by atoms with Crippen LogP contribution in [0.15, 0.2) is 48.5 Å². The summed E-state index contributed by atoms with van der Waals surface area (Å²) >= 11 is 0. The lowest BCUT2D eigenvalue weighted by Crippen LogP contribution is -2.36. The zero-order chi connectivity index (χ0) is 21.9. The predicted octanol–water partition coefficient (Wildman–Crippen LogP) is 4.48. The molecule has 0 spiro atoms. The molecule has 2 aromatic carbocycles. The van der Waals surface area contributed by atoms with Crippen LogP contribution in [-0.2, 0) is 14.3 Å². The number of carboxylic acid groups (broad SMARTS) is 1. The van der Waals surface area contributed by atoms with Crippen LogP contribution in [0.4, 0.5) is 5.69 Å². The van der Waals surface area contributed by atoms with Crippen molar-refractivity contribution in [3.8, 4) is 16.9 Å². The number of rotatable bonds is 11. The monoisotopic (exact) mass is 425 g/mol. The normalized spacial score (nSPS) is 14.2. The molecular formula is C25H31NO5. The molecule has 0 unspecified atom stereocenters. The molecule has 0 aromatic heterocycles. The van der Waals surface area contributed by atoms with Crippen LogP contribution in [0, 0.1) is 0 Å². The number of carbonyl (C=O) groups is 1. The van der Waals surface area contributed by atoms with Gasteiger partial charge < -0.3 is 24.2 Å². The Labute approximate surface area is 184 Å². The van der Waals surface area contributed by atoms with Gasteiger partial charge in [0.25, 0.3) is 0 Å². The van der Waals surface area contributed by atoms with E-state index in [9.17, 15) is 4.79 Å². The molecule has 1 saturated heterocycles. The van der Waals surface area contributed by atoms with Gasteiger partial charge in [-0.3, -0.25) is 0 Å². The van der Waals surface area contributed by atoms with Crippen molar-refractivity contribution in [2.45, 2.75) is 19.8 Å². The zero-order valence-electron chi connectivity index (χ0n) is 18.1. The van der Waals surface area contributed by atoms with E-state index in [0.717, 1.165) is 60.7 Å². The van der Waals surface area contributed by atoms with Crippen molar-refractivity contribution >= 4 is 17.7 Å². The van der Waals surface area contributed by atoms with E-state index in [1.54, 1.807) is 6.08 Å². The molecule has 166 valence electrons. The summed E-state index contributed by atoms with van der Waals surface area (Å²) in [7, 11) is 0. The Hall–Kier alpha value is -2.83. The zero-order valence-corrected chi connectivity index (χ0v) is 18.1. The summed E-state index contributed by atoms with van der Waals surface area (Å²) in [6, 6.07) is 14.1. The van der Waals surface area contributed by atoms with Crippen LogP contribution in [0.3, 0.4) is 0 Å². The number of unbranched alkanes of at least 4 members (excludes halogenated alkanes) is 1. The minimum atomic E-state index is -0.960. The van der Waals surface area contributed by atoms with E-state index in [1.807, 2.05) is 30.3 Å². The van der Waals surface area contributed by atoms with E-state index in [0.29, 0.717) is 26.4 Å². The summed E-state index contributed by atoms with van der Waals surface area (Å²) < 4.78 is 16.7. The maximum Gasteiger partial charge on any atom is 0.328 e. The van der Waals surface area contributed by atoms with Gasteiger partial charge in [0.15, 0.2) is 0 Å². The Bertz CT molecular complexity index is 857. The van der Waals surface area contributed by atoms with E-state index in [1.165, 1.54) is 6.08 Å². The van der Waals surface area contributed by atoms with Gasteiger partial charge in [-0.1, -0.05) is 31.5 Å². The molecule has 1 aliphatic heterocycles. The lowest BCUT2D eigenvalue weighted by atomic mass is 10.0. The van der Waals surface area contributed by atoms with E-state index in [2.05, 4.69) is 24.0 Å². The van der Waals surface area contributed by atoms with Crippen molar-refractivity contribution in [2.75, 3.05) is 51.0 Å². The first-order chi connectivity index (χ1) is 15.2. The quantitative estimate of drug-likeness (QED) is 0.423. The highest BCUT2D eigenvalue weighted by molar-refractivity contribution is 5.88. The summed E-state index contributed by atoms with van der Waals surface area (Å²) in [4.78, 5) is 13.3. The molecule has 6 heteroatoms. The first-order valence-electron chi connectivity index (χ1n) is 10.9. The van der Waals surface area contributed by atoms with Gasteiger partial charge in [-0.05, 0) is 53.5 Å². The second-order valence-electron chi connectivity index (χ2n) is 7.38. The molecular weight excluding hydrogens is 394 g/mol. The van der Waals surface area contributed by atoms with Crippen molar-refractivity contribution in [1.82, 2.24) is 0 Å². The number of hydrogen-bond acceptors (Lipinski definition) is 5. The molecule has 1 fully saturated rings. The van der Waals surface area contributed by atoms with Gasteiger partial charge in [-0.15, -0.1) is 0 Å². The van der Waals surface area contributed by atoms with Gasteiger partial charge >= 0.3 is 5.97 Å². The second kappa shape index (κ2) is 12.1. The van der Waals surface area contributed by atoms with Crippen molar-refractivity contribution in [3.63, 3.8) is 0 Å². The number of ether oxygens (including phenoxy) is 3. The van der Waals surface area contributed by atoms with Crippen LogP contribution < -0.4 is 9.64 Å². The smallest absolute Gasteiger partial charge is 0.328 e. The first-order valence-corrected chi connectivity index (χ1v) is 10.9. The molecule has 0 radical (unpaired) electrons. The highest BCUT2D eigenvalue weighted by Gasteiger charge is 2.15. The van der Waals surface area contributed by atoms with E-state index in [4.69, 9.17) is 19.3 Å². The number of hydrogen-bond donors (Lipinski definition) is 1. The standard InChI is InChI=1S/C25H31NO5/c1-2-3-14-29-17-18-31-23-8-4-20(5-9-23)21-6-10-24(26-12-15-30-16-13-26)22(19-21)7-11-25(27)28/h4-11,19H,2-3,12-18H2,1H3,(H,27,28)/b11-7+. The average molecular weight is 426 g/mol. The van der Waals surface area contributed by atoms with Gasteiger partial charge in [0, 0.05) is 31.5 Å². The number of morpholine rings is 1. The molecule has 6 nitrogen and oxygen atoms in total. The van der Waals surface area contributed by atoms with Crippen molar-refractivity contribution in [2.24, 2.45) is 0 Å². The second-order valence-corrected chi connectivity index (χ2v) is 7.38. The summed E-state index contributed by atoms with van der Waals surface area (Å²) in [6.07, 6.45) is 5.04. The third kappa shape index (κ3) is 7.12. The van der Waals surface area contributed by atoms with Crippen LogP contribution in [0.5, 0.6) is 5.75 Å². The molecule has 0 saturated carbocycles. The predicted molar refractivity (Wildman–Crippen MR) is 123 cm³/mol. The summed E-state index contributed by atoms with van der Waals surface area (Å²) in [5.74, 6) is -0.155. The van der Waals surface area contributed by atoms with Crippen LogP contribution >= 0.6 is 0 Å². The van der Waals surface area contributed by atoms with E-state index < -0.39 is 5.97 Å². The van der Waals surface area contributed by atoms with Crippen molar-refractivity contribution < 1.29 is 24.1 Å². The Kier molecular flexibility index (Phi) is 8.94. The Morgan fingerprint density at radius 3 is 2.52 bits per heavy atom. The SMILES string of the molecule is CCCCOCCOc1ccc(-c2ccc(N3CCOCC3)c(/C=C/C(=O)O)c2)cc1. The Morgan fingerprint density at radius 1 is 1.06 bits per heavy atom. The molecule has 2 aromatic rings. The van der Waals surface area contributed by atoms with Gasteiger partial charge in [0.2, 0.25) is 0 Å². The lowest BCUT2D eigenvalue weighted by molar-refractivity contribution is -0.131. The fourth-order valence-corrected chi connectivity index (χ4v) is 3.43. The minimum Gasteiger partial charge on any atom is -0.491 e. The minimum absolute atomic E-state index is 0.529. The molecule has 0 bridgehead atoms. The van der Waals surface area contributed by atoms with Crippen LogP contribution in [0.1, 0.15) is 25.3 Å². The number of nitrogens with zero attached hydrogens (tertiary/aromatic N) is 1. The number of anilines is 1. The van der Waals surface area contributed by atoms with Crippen molar-refractivity contribution in [1.29, 1.82) is 0 Å². The molecule has 31 heavy (non-hydrogen) atoms. The molecule has 0 atom stereocenters. The van der Waals surface area contributed by atoms with E-state index in [-0.39, 0.29) is 0 Å². The Morgan fingerprint density at radius 2 is 1.81 bits per heavy atom. The van der Waals surface area contributed by atoms with Gasteiger partial charge in [0.1, 0.15) is 12.4 Å². The summed E-state index contributed by atoms with van der Waals surface area (Å²) in [6.45, 7) is 6.97. The van der Waals surface area contributed by atoms with Gasteiger partial charge in [-0.2, -0.15) is 0 Å². The molecule has 0 amide bonds. The number of carboxylic acids is 1. The van der Waals surface area contributed by atoms with E-state index >= 15 is 0 Å². The molecule has 1 N–H and O–H groups in total. The third-order valence-corrected chi connectivity index (χ3v) is 5.11. The highest BCUT2D eigenvalue weighted by Crippen LogP contribution is 2.30. The molecule has 1 heterocycles. The number of aliphatic carboxylic acids is 1. The van der Waals surface area contributed by atoms with Gasteiger partial charge in [0.05, 0.1) is 19.8 Å². The first kappa shape index (κ1) is 22.8. The van der Waals surface area contributed by atoms with Crippen LogP contribution in [0.25, 0.3) is 17.2 Å². The lowest BCUT2D eigenvalue weighted by Gasteiger charge is -2.30.